The number of carbonyl (C=O) groups is 1. The van der Waals surface area contributed by atoms with E-state index in [1.165, 1.54) is 0 Å². The first-order valence-electron chi connectivity index (χ1n) is 7.42. The Kier molecular flexibility index (Phi) is 4.43. The van der Waals surface area contributed by atoms with Crippen molar-refractivity contribution in [1.29, 1.82) is 0 Å². The van der Waals surface area contributed by atoms with E-state index >= 15 is 0 Å². The number of pyridine rings is 1. The SMILES string of the molecule is Cc1n[nH]nc1C(=O)N1CCCC(OCc2ccccn2)C1. The van der Waals surface area contributed by atoms with E-state index in [4.69, 9.17) is 4.74 Å². The molecule has 7 heteroatoms. The Morgan fingerprint density at radius 2 is 2.36 bits per heavy atom. The van der Waals surface area contributed by atoms with Crippen LogP contribution in [0.4, 0.5) is 0 Å². The monoisotopic (exact) mass is 301 g/mol. The quantitative estimate of drug-likeness (QED) is 0.921. The molecule has 1 atom stereocenters. The minimum atomic E-state index is -0.0858. The number of carbonyl (C=O) groups excluding carboxylic acids is 1. The Hall–Kier alpha value is -2.28. The highest BCUT2D eigenvalue weighted by molar-refractivity contribution is 5.93. The zero-order chi connectivity index (χ0) is 15.4. The highest BCUT2D eigenvalue weighted by atomic mass is 16.5. The van der Waals surface area contributed by atoms with Crippen LogP contribution in [0.2, 0.25) is 0 Å². The van der Waals surface area contributed by atoms with E-state index in [1.54, 1.807) is 18.0 Å². The summed E-state index contributed by atoms with van der Waals surface area (Å²) in [6.07, 6.45) is 3.67. The largest absolute Gasteiger partial charge is 0.370 e. The number of aromatic nitrogens is 4. The lowest BCUT2D eigenvalue weighted by Crippen LogP contribution is -2.43. The third-order valence-electron chi connectivity index (χ3n) is 3.78. The number of amides is 1. The van der Waals surface area contributed by atoms with Crippen LogP contribution in [0.5, 0.6) is 0 Å². The van der Waals surface area contributed by atoms with Crippen LogP contribution in [0.1, 0.15) is 34.7 Å². The molecule has 1 N–H and O–H groups in total. The fourth-order valence-corrected chi connectivity index (χ4v) is 2.58. The summed E-state index contributed by atoms with van der Waals surface area (Å²) >= 11 is 0. The zero-order valence-electron chi connectivity index (χ0n) is 12.5. The Labute approximate surface area is 128 Å². The fraction of sp³-hybridized carbons (Fsp3) is 0.467. The molecule has 1 amide bonds. The highest BCUT2D eigenvalue weighted by Crippen LogP contribution is 2.17. The molecule has 1 fully saturated rings. The number of likely N-dealkylation sites (tertiary alicyclic amines) is 1. The Morgan fingerprint density at radius 3 is 3.09 bits per heavy atom. The molecule has 0 radical (unpaired) electrons. The number of aromatic amines is 1. The van der Waals surface area contributed by atoms with Crippen molar-refractivity contribution in [1.82, 2.24) is 25.3 Å². The maximum atomic E-state index is 12.4. The van der Waals surface area contributed by atoms with Gasteiger partial charge < -0.3 is 9.64 Å². The molecular weight excluding hydrogens is 282 g/mol. The molecule has 2 aromatic heterocycles. The van der Waals surface area contributed by atoms with Gasteiger partial charge in [0.05, 0.1) is 24.1 Å². The summed E-state index contributed by atoms with van der Waals surface area (Å²) in [5, 5.41) is 10.3. The lowest BCUT2D eigenvalue weighted by atomic mass is 10.1. The van der Waals surface area contributed by atoms with Gasteiger partial charge in [0.1, 0.15) is 0 Å². The zero-order valence-corrected chi connectivity index (χ0v) is 12.5. The van der Waals surface area contributed by atoms with Gasteiger partial charge in [-0.3, -0.25) is 9.78 Å². The summed E-state index contributed by atoms with van der Waals surface area (Å²) in [6, 6.07) is 5.75. The van der Waals surface area contributed by atoms with E-state index in [0.29, 0.717) is 24.5 Å². The molecule has 0 aromatic carbocycles. The first kappa shape index (κ1) is 14.6. The Balaban J connectivity index is 1.57. The molecule has 0 bridgehead atoms. The summed E-state index contributed by atoms with van der Waals surface area (Å²) in [6.45, 7) is 3.55. The highest BCUT2D eigenvalue weighted by Gasteiger charge is 2.27. The van der Waals surface area contributed by atoms with E-state index in [2.05, 4.69) is 20.4 Å². The van der Waals surface area contributed by atoms with Crippen LogP contribution in [-0.4, -0.2) is 50.4 Å². The van der Waals surface area contributed by atoms with Gasteiger partial charge in [-0.25, -0.2) is 0 Å². The second-order valence-corrected chi connectivity index (χ2v) is 5.41. The summed E-state index contributed by atoms with van der Waals surface area (Å²) in [7, 11) is 0. The van der Waals surface area contributed by atoms with Gasteiger partial charge in [-0.05, 0) is 31.9 Å². The molecule has 3 rings (SSSR count). The molecule has 0 saturated carbocycles. The van der Waals surface area contributed by atoms with Gasteiger partial charge >= 0.3 is 0 Å². The summed E-state index contributed by atoms with van der Waals surface area (Å²) in [5.41, 5.74) is 1.92. The van der Waals surface area contributed by atoms with Gasteiger partial charge in [0.25, 0.3) is 5.91 Å². The molecule has 2 aromatic rings. The number of hydrogen-bond donors (Lipinski definition) is 1. The minimum absolute atomic E-state index is 0.0342. The molecule has 1 aliphatic rings. The number of aryl methyl sites for hydroxylation is 1. The van der Waals surface area contributed by atoms with Crippen molar-refractivity contribution >= 4 is 5.91 Å². The molecule has 0 aliphatic carbocycles. The lowest BCUT2D eigenvalue weighted by molar-refractivity contribution is -0.00803. The smallest absolute Gasteiger partial charge is 0.276 e. The predicted molar refractivity (Wildman–Crippen MR) is 79.1 cm³/mol. The van der Waals surface area contributed by atoms with Crippen molar-refractivity contribution in [3.05, 3.63) is 41.5 Å². The van der Waals surface area contributed by atoms with Gasteiger partial charge in [0.2, 0.25) is 0 Å². The second-order valence-electron chi connectivity index (χ2n) is 5.41. The number of rotatable bonds is 4. The summed E-state index contributed by atoms with van der Waals surface area (Å²) < 4.78 is 5.90. The van der Waals surface area contributed by atoms with Crippen LogP contribution in [0.25, 0.3) is 0 Å². The van der Waals surface area contributed by atoms with E-state index < -0.39 is 0 Å². The predicted octanol–water partition coefficient (Wildman–Crippen LogP) is 1.33. The molecule has 22 heavy (non-hydrogen) atoms. The van der Waals surface area contributed by atoms with Crippen LogP contribution < -0.4 is 0 Å². The van der Waals surface area contributed by atoms with Crippen molar-refractivity contribution in [2.75, 3.05) is 13.1 Å². The third-order valence-corrected chi connectivity index (χ3v) is 3.78. The Morgan fingerprint density at radius 1 is 1.45 bits per heavy atom. The van der Waals surface area contributed by atoms with Gasteiger partial charge in [0, 0.05) is 19.3 Å². The van der Waals surface area contributed by atoms with E-state index in [9.17, 15) is 4.79 Å². The van der Waals surface area contributed by atoms with E-state index in [0.717, 1.165) is 25.1 Å². The van der Waals surface area contributed by atoms with Gasteiger partial charge in [-0.1, -0.05) is 6.07 Å². The van der Waals surface area contributed by atoms with E-state index in [-0.39, 0.29) is 12.0 Å². The summed E-state index contributed by atoms with van der Waals surface area (Å²) in [4.78, 5) is 18.5. The minimum Gasteiger partial charge on any atom is -0.370 e. The maximum absolute atomic E-state index is 12.4. The summed E-state index contributed by atoms with van der Waals surface area (Å²) in [5.74, 6) is -0.0858. The lowest BCUT2D eigenvalue weighted by Gasteiger charge is -2.32. The average Bonchev–Trinajstić information content (AvgIpc) is 2.99. The van der Waals surface area contributed by atoms with Crippen LogP contribution in [0.15, 0.2) is 24.4 Å². The molecule has 116 valence electrons. The normalized spacial score (nSPS) is 18.4. The van der Waals surface area contributed by atoms with Gasteiger partial charge in [0.15, 0.2) is 5.69 Å². The molecule has 0 spiro atoms. The average molecular weight is 301 g/mol. The third kappa shape index (κ3) is 3.30. The first-order valence-corrected chi connectivity index (χ1v) is 7.42. The molecule has 3 heterocycles. The van der Waals surface area contributed by atoms with Gasteiger partial charge in [-0.2, -0.15) is 15.4 Å². The van der Waals surface area contributed by atoms with Crippen LogP contribution in [0.3, 0.4) is 0 Å². The standard InChI is InChI=1S/C15H19N5O2/c1-11-14(18-19-17-11)15(21)20-8-4-6-13(9-20)22-10-12-5-2-3-7-16-12/h2-3,5,7,13H,4,6,8-10H2,1H3,(H,17,18,19). The second kappa shape index (κ2) is 6.65. The fourth-order valence-electron chi connectivity index (χ4n) is 2.58. The topological polar surface area (TPSA) is 84.0 Å². The molecule has 7 nitrogen and oxygen atoms in total. The maximum Gasteiger partial charge on any atom is 0.276 e. The first-order chi connectivity index (χ1) is 10.7. The van der Waals surface area contributed by atoms with Crippen molar-refractivity contribution in [2.45, 2.75) is 32.5 Å². The molecular formula is C15H19N5O2. The van der Waals surface area contributed by atoms with Crippen LogP contribution in [-0.2, 0) is 11.3 Å². The van der Waals surface area contributed by atoms with Crippen LogP contribution >= 0.6 is 0 Å². The van der Waals surface area contributed by atoms with Crippen LogP contribution in [0, 0.1) is 6.92 Å². The number of nitrogens with zero attached hydrogens (tertiary/aromatic N) is 4. The number of piperidine rings is 1. The number of ether oxygens (including phenoxy) is 1. The van der Waals surface area contributed by atoms with Crippen molar-refractivity contribution in [3.8, 4) is 0 Å². The van der Waals surface area contributed by atoms with Crippen molar-refractivity contribution in [2.24, 2.45) is 0 Å². The van der Waals surface area contributed by atoms with Gasteiger partial charge in [-0.15, -0.1) is 0 Å². The van der Waals surface area contributed by atoms with Crippen molar-refractivity contribution in [3.63, 3.8) is 0 Å². The number of nitrogens with one attached hydrogen (secondary N) is 1. The molecule has 1 unspecified atom stereocenters. The molecule has 1 saturated heterocycles. The number of H-pyrrole nitrogens is 1. The van der Waals surface area contributed by atoms with Crippen molar-refractivity contribution < 1.29 is 9.53 Å². The van der Waals surface area contributed by atoms with E-state index in [1.807, 2.05) is 18.2 Å². The number of hydrogen-bond acceptors (Lipinski definition) is 5. The Bertz CT molecular complexity index is 628. The molecule has 1 aliphatic heterocycles.